The summed E-state index contributed by atoms with van der Waals surface area (Å²) in [6, 6.07) is 27.7. The molecule has 0 N–H and O–H groups in total. The molecule has 0 radical (unpaired) electrons. The number of hydrogen-bond donors (Lipinski definition) is 0. The zero-order chi connectivity index (χ0) is 18.7. The molecule has 0 atom stereocenters. The molecule has 0 unspecified atom stereocenters. The highest BCUT2D eigenvalue weighted by atomic mass is 79.9. The van der Waals surface area contributed by atoms with E-state index in [1.807, 2.05) is 6.07 Å². The number of furan rings is 2. The molecule has 0 aliphatic rings. The summed E-state index contributed by atoms with van der Waals surface area (Å²) in [7, 11) is 0. The molecule has 0 spiro atoms. The average Bonchev–Trinajstić information content (AvgIpc) is 3.24. The van der Waals surface area contributed by atoms with Crippen LogP contribution >= 0.6 is 15.9 Å². The molecule has 6 rings (SSSR count). The third kappa shape index (κ3) is 2.62. The minimum atomic E-state index is 0.757. The zero-order valence-corrected chi connectivity index (χ0v) is 16.5. The van der Waals surface area contributed by atoms with Gasteiger partial charge in [0, 0.05) is 17.2 Å². The van der Waals surface area contributed by atoms with Crippen molar-refractivity contribution in [3.8, 4) is 0 Å². The molecule has 28 heavy (non-hydrogen) atoms. The first-order valence-corrected chi connectivity index (χ1v) is 10.0. The molecule has 0 saturated carbocycles. The zero-order valence-electron chi connectivity index (χ0n) is 14.9. The van der Waals surface area contributed by atoms with E-state index >= 15 is 0 Å². The van der Waals surface area contributed by atoms with Gasteiger partial charge in [0.1, 0.15) is 16.9 Å². The fraction of sp³-hybridized carbons (Fsp3) is 0.0400. The van der Waals surface area contributed by atoms with Crippen molar-refractivity contribution in [1.29, 1.82) is 0 Å². The van der Waals surface area contributed by atoms with Crippen molar-refractivity contribution in [2.24, 2.45) is 0 Å². The fourth-order valence-corrected chi connectivity index (χ4v) is 4.40. The summed E-state index contributed by atoms with van der Waals surface area (Å²) >= 11 is 3.41. The molecule has 4 aromatic carbocycles. The molecule has 0 fully saturated rings. The van der Waals surface area contributed by atoms with Crippen LogP contribution < -0.4 is 0 Å². The highest BCUT2D eigenvalue weighted by Gasteiger charge is 2.08. The Balaban J connectivity index is 1.41. The largest absolute Gasteiger partial charge is 0.461 e. The van der Waals surface area contributed by atoms with Crippen LogP contribution in [0.25, 0.3) is 43.5 Å². The van der Waals surface area contributed by atoms with E-state index in [9.17, 15) is 0 Å². The van der Waals surface area contributed by atoms with Gasteiger partial charge in [0.2, 0.25) is 0 Å². The summed E-state index contributed by atoms with van der Waals surface area (Å²) < 4.78 is 12.6. The molecule has 0 saturated heterocycles. The maximum absolute atomic E-state index is 6.14. The summed E-state index contributed by atoms with van der Waals surface area (Å²) in [5, 5.41) is 7.08. The van der Waals surface area contributed by atoms with Gasteiger partial charge < -0.3 is 8.83 Å². The second-order valence-electron chi connectivity index (χ2n) is 7.25. The Kier molecular flexibility index (Phi) is 3.41. The second-order valence-corrected chi connectivity index (χ2v) is 8.03. The first-order chi connectivity index (χ1) is 13.7. The number of benzene rings is 4. The Morgan fingerprint density at radius 1 is 0.571 bits per heavy atom. The molecule has 0 aliphatic heterocycles. The lowest BCUT2D eigenvalue weighted by Crippen LogP contribution is -1.85. The number of rotatable bonds is 2. The quantitative estimate of drug-likeness (QED) is 0.281. The van der Waals surface area contributed by atoms with Gasteiger partial charge in [0.15, 0.2) is 4.67 Å². The van der Waals surface area contributed by atoms with Crippen LogP contribution in [0.15, 0.2) is 92.4 Å². The molecule has 3 heteroatoms. The van der Waals surface area contributed by atoms with Crippen molar-refractivity contribution in [3.05, 3.63) is 94.9 Å². The Hall–Kier alpha value is -3.04. The summed E-state index contributed by atoms with van der Waals surface area (Å²) in [5.41, 5.74) is 3.08. The van der Waals surface area contributed by atoms with Gasteiger partial charge in [0.05, 0.1) is 0 Å². The summed E-state index contributed by atoms with van der Waals surface area (Å²) in [6.45, 7) is 0. The number of halogens is 1. The third-order valence-corrected chi connectivity index (χ3v) is 5.71. The van der Waals surface area contributed by atoms with Crippen LogP contribution in [-0.4, -0.2) is 0 Å². The maximum atomic E-state index is 6.14. The van der Waals surface area contributed by atoms with Gasteiger partial charge >= 0.3 is 0 Å². The standard InChI is InChI=1S/C25H15BrO2/c26-25-14-21-10-19-7-15(5-6-18(19)13-24(21)28-25)8-22-11-20-9-16-3-1-2-4-17(16)12-23(20)27-22/h1-7,9-14H,8H2. The molecule has 2 aromatic heterocycles. The Morgan fingerprint density at radius 3 is 2.11 bits per heavy atom. The highest BCUT2D eigenvalue weighted by molar-refractivity contribution is 9.10. The Bertz CT molecular complexity index is 1450. The van der Waals surface area contributed by atoms with Gasteiger partial charge in [-0.2, -0.15) is 0 Å². The smallest absolute Gasteiger partial charge is 0.170 e. The topological polar surface area (TPSA) is 26.3 Å². The van der Waals surface area contributed by atoms with Crippen LogP contribution in [-0.2, 0) is 6.42 Å². The monoisotopic (exact) mass is 426 g/mol. The van der Waals surface area contributed by atoms with E-state index in [0.717, 1.165) is 38.8 Å². The van der Waals surface area contributed by atoms with E-state index < -0.39 is 0 Å². The molecular weight excluding hydrogens is 412 g/mol. The highest BCUT2D eigenvalue weighted by Crippen LogP contribution is 2.30. The SMILES string of the molecule is Brc1cc2cc3cc(Cc4cc5cc6ccccc6cc5o4)ccc3cc2o1. The molecule has 0 bridgehead atoms. The fourth-order valence-electron chi connectivity index (χ4n) is 3.98. The summed E-state index contributed by atoms with van der Waals surface area (Å²) in [4.78, 5) is 0. The van der Waals surface area contributed by atoms with Gasteiger partial charge in [-0.05, 0) is 79.4 Å². The molecule has 6 aromatic rings. The summed E-state index contributed by atoms with van der Waals surface area (Å²) in [5.74, 6) is 0.983. The van der Waals surface area contributed by atoms with Crippen molar-refractivity contribution in [1.82, 2.24) is 0 Å². The molecule has 2 heterocycles. The van der Waals surface area contributed by atoms with Crippen LogP contribution in [0.4, 0.5) is 0 Å². The van der Waals surface area contributed by atoms with E-state index in [-0.39, 0.29) is 0 Å². The number of fused-ring (bicyclic) bond motifs is 4. The Labute approximate surface area is 169 Å². The average molecular weight is 427 g/mol. The Morgan fingerprint density at radius 2 is 1.25 bits per heavy atom. The van der Waals surface area contributed by atoms with Crippen molar-refractivity contribution in [3.63, 3.8) is 0 Å². The first kappa shape index (κ1) is 16.0. The van der Waals surface area contributed by atoms with Crippen LogP contribution in [0.5, 0.6) is 0 Å². The minimum absolute atomic E-state index is 0.757. The predicted molar refractivity (Wildman–Crippen MR) is 118 cm³/mol. The van der Waals surface area contributed by atoms with E-state index in [0.29, 0.717) is 0 Å². The van der Waals surface area contributed by atoms with Crippen molar-refractivity contribution < 1.29 is 8.83 Å². The second kappa shape index (κ2) is 5.98. The van der Waals surface area contributed by atoms with Crippen LogP contribution in [0, 0.1) is 0 Å². The van der Waals surface area contributed by atoms with E-state index in [1.54, 1.807) is 0 Å². The van der Waals surface area contributed by atoms with Crippen LogP contribution in [0.2, 0.25) is 0 Å². The van der Waals surface area contributed by atoms with Gasteiger partial charge in [-0.3, -0.25) is 0 Å². The lowest BCUT2D eigenvalue weighted by Gasteiger charge is -2.03. The van der Waals surface area contributed by atoms with E-state index in [2.05, 4.69) is 88.7 Å². The third-order valence-electron chi connectivity index (χ3n) is 5.32. The van der Waals surface area contributed by atoms with Crippen LogP contribution in [0.1, 0.15) is 11.3 Å². The molecular formula is C25H15BrO2. The van der Waals surface area contributed by atoms with Gasteiger partial charge in [-0.15, -0.1) is 0 Å². The maximum Gasteiger partial charge on any atom is 0.170 e. The number of hydrogen-bond acceptors (Lipinski definition) is 2. The normalized spacial score (nSPS) is 11.9. The molecule has 0 aliphatic carbocycles. The molecule has 0 amide bonds. The molecule has 2 nitrogen and oxygen atoms in total. The summed E-state index contributed by atoms with van der Waals surface area (Å²) in [6.07, 6.45) is 0.772. The van der Waals surface area contributed by atoms with E-state index in [4.69, 9.17) is 8.83 Å². The van der Waals surface area contributed by atoms with E-state index in [1.165, 1.54) is 27.1 Å². The van der Waals surface area contributed by atoms with Crippen LogP contribution in [0.3, 0.4) is 0 Å². The van der Waals surface area contributed by atoms with Crippen molar-refractivity contribution in [2.75, 3.05) is 0 Å². The van der Waals surface area contributed by atoms with Gasteiger partial charge in [-0.1, -0.05) is 42.5 Å². The van der Waals surface area contributed by atoms with Crippen molar-refractivity contribution in [2.45, 2.75) is 6.42 Å². The van der Waals surface area contributed by atoms with Crippen molar-refractivity contribution >= 4 is 59.4 Å². The lowest BCUT2D eigenvalue weighted by atomic mass is 10.0. The minimum Gasteiger partial charge on any atom is -0.461 e. The predicted octanol–water partition coefficient (Wildman–Crippen LogP) is 7.84. The van der Waals surface area contributed by atoms with Gasteiger partial charge in [0.25, 0.3) is 0 Å². The lowest BCUT2D eigenvalue weighted by molar-refractivity contribution is 0.563. The first-order valence-electron chi connectivity index (χ1n) is 9.24. The van der Waals surface area contributed by atoms with Gasteiger partial charge in [-0.25, -0.2) is 0 Å². The molecule has 134 valence electrons.